The van der Waals surface area contributed by atoms with Gasteiger partial charge in [0.25, 0.3) is 0 Å². The van der Waals surface area contributed by atoms with E-state index in [4.69, 9.17) is 5.11 Å². The first-order chi connectivity index (χ1) is 7.04. The third-order valence-corrected chi connectivity index (χ3v) is 2.14. The van der Waals surface area contributed by atoms with E-state index in [1.165, 1.54) is 4.80 Å². The fraction of sp³-hybridized carbons (Fsp3) is 0.750. The number of nitrogens with zero attached hydrogens (tertiary/aromatic N) is 5. The van der Waals surface area contributed by atoms with Crippen LogP contribution in [0.25, 0.3) is 0 Å². The fourth-order valence-electron chi connectivity index (χ4n) is 1.39. The third kappa shape index (κ3) is 2.98. The van der Waals surface area contributed by atoms with Crippen molar-refractivity contribution in [2.45, 2.75) is 25.9 Å². The number of tetrazole rings is 1. The molecule has 0 aliphatic rings. The minimum absolute atomic E-state index is 0.388. The number of hydrogen-bond donors (Lipinski definition) is 1. The molecular weight excluding hydrogens is 198 g/mol. The summed E-state index contributed by atoms with van der Waals surface area (Å²) in [5.74, 6) is -0.302. The molecular formula is C8H15N5O2. The summed E-state index contributed by atoms with van der Waals surface area (Å²) in [6, 6.07) is -0.506. The van der Waals surface area contributed by atoms with Gasteiger partial charge in [-0.2, -0.15) is 4.80 Å². The second-order valence-corrected chi connectivity index (χ2v) is 3.37. The molecule has 0 saturated carbocycles. The molecule has 0 radical (unpaired) electrons. The molecule has 0 aliphatic heterocycles. The normalized spacial score (nSPS) is 13.1. The van der Waals surface area contributed by atoms with Crippen LogP contribution in [0.3, 0.4) is 0 Å². The minimum atomic E-state index is -0.830. The van der Waals surface area contributed by atoms with Crippen LogP contribution in [0.4, 0.5) is 0 Å². The van der Waals surface area contributed by atoms with Crippen LogP contribution >= 0.6 is 0 Å². The molecule has 0 fully saturated rings. The average molecular weight is 213 g/mol. The molecule has 1 rings (SSSR count). The molecule has 0 bridgehead atoms. The van der Waals surface area contributed by atoms with E-state index < -0.39 is 12.0 Å². The zero-order valence-electron chi connectivity index (χ0n) is 9.08. The summed E-state index contributed by atoms with van der Waals surface area (Å²) < 4.78 is 0. The van der Waals surface area contributed by atoms with E-state index in [1.807, 2.05) is 6.92 Å². The van der Waals surface area contributed by atoms with Gasteiger partial charge < -0.3 is 5.11 Å². The molecule has 1 aromatic rings. The van der Waals surface area contributed by atoms with Crippen molar-refractivity contribution in [3.05, 3.63) is 5.82 Å². The maximum atomic E-state index is 10.9. The largest absolute Gasteiger partial charge is 0.480 e. The zero-order valence-corrected chi connectivity index (χ0v) is 9.08. The fourth-order valence-corrected chi connectivity index (χ4v) is 1.39. The van der Waals surface area contributed by atoms with E-state index in [2.05, 4.69) is 15.4 Å². The van der Waals surface area contributed by atoms with Crippen LogP contribution in [-0.4, -0.2) is 49.3 Å². The van der Waals surface area contributed by atoms with E-state index in [9.17, 15) is 4.79 Å². The van der Waals surface area contributed by atoms with E-state index >= 15 is 0 Å². The number of carbonyl (C=O) groups is 1. The van der Waals surface area contributed by atoms with Gasteiger partial charge in [-0.15, -0.1) is 10.2 Å². The SMILES string of the molecule is CCC(C(=O)O)N(C)Cc1nnn(C)n1. The summed E-state index contributed by atoms with van der Waals surface area (Å²) in [6.45, 7) is 2.22. The van der Waals surface area contributed by atoms with E-state index in [0.717, 1.165) is 0 Å². The lowest BCUT2D eigenvalue weighted by molar-refractivity contribution is -0.143. The molecule has 84 valence electrons. The second-order valence-electron chi connectivity index (χ2n) is 3.37. The van der Waals surface area contributed by atoms with Gasteiger partial charge in [0.15, 0.2) is 5.82 Å². The Bertz CT molecular complexity index is 338. The molecule has 15 heavy (non-hydrogen) atoms. The lowest BCUT2D eigenvalue weighted by Crippen LogP contribution is -2.37. The first kappa shape index (κ1) is 11.6. The summed E-state index contributed by atoms with van der Waals surface area (Å²) in [4.78, 5) is 13.9. The highest BCUT2D eigenvalue weighted by atomic mass is 16.4. The molecule has 0 saturated heterocycles. The van der Waals surface area contributed by atoms with Gasteiger partial charge in [-0.1, -0.05) is 6.92 Å². The molecule has 1 aromatic heterocycles. The Hall–Kier alpha value is -1.50. The maximum absolute atomic E-state index is 10.9. The standard InChI is InChI=1S/C8H15N5O2/c1-4-6(8(14)15)12(2)5-7-9-11-13(3)10-7/h6H,4-5H2,1-3H3,(H,14,15). The van der Waals surface area contributed by atoms with Crippen molar-refractivity contribution < 1.29 is 9.90 Å². The summed E-state index contributed by atoms with van der Waals surface area (Å²) in [5, 5.41) is 20.4. The van der Waals surface area contributed by atoms with Gasteiger partial charge >= 0.3 is 5.97 Å². The van der Waals surface area contributed by atoms with Crippen molar-refractivity contribution in [2.24, 2.45) is 7.05 Å². The number of aryl methyl sites for hydroxylation is 1. The van der Waals surface area contributed by atoms with E-state index in [1.54, 1.807) is 19.0 Å². The predicted molar refractivity (Wildman–Crippen MR) is 52.0 cm³/mol. The highest BCUT2D eigenvalue weighted by Crippen LogP contribution is 2.04. The predicted octanol–water partition coefficient (Wildman–Crippen LogP) is -0.495. The van der Waals surface area contributed by atoms with Gasteiger partial charge in [-0.25, -0.2) is 0 Å². The van der Waals surface area contributed by atoms with E-state index in [0.29, 0.717) is 18.8 Å². The Morgan fingerprint density at radius 2 is 2.33 bits per heavy atom. The minimum Gasteiger partial charge on any atom is -0.480 e. The van der Waals surface area contributed by atoms with Crippen molar-refractivity contribution in [1.29, 1.82) is 0 Å². The number of hydrogen-bond acceptors (Lipinski definition) is 5. The number of carboxylic acid groups (broad SMARTS) is 1. The monoisotopic (exact) mass is 213 g/mol. The number of aliphatic carboxylic acids is 1. The topological polar surface area (TPSA) is 84.1 Å². The lowest BCUT2D eigenvalue weighted by atomic mass is 10.2. The molecule has 7 heteroatoms. The average Bonchev–Trinajstić information content (AvgIpc) is 2.51. The van der Waals surface area contributed by atoms with Crippen LogP contribution in [0.5, 0.6) is 0 Å². The molecule has 1 heterocycles. The first-order valence-corrected chi connectivity index (χ1v) is 4.70. The highest BCUT2D eigenvalue weighted by molar-refractivity contribution is 5.73. The summed E-state index contributed by atoms with van der Waals surface area (Å²) in [7, 11) is 3.41. The first-order valence-electron chi connectivity index (χ1n) is 4.70. The summed E-state index contributed by atoms with van der Waals surface area (Å²) in [5.41, 5.74) is 0. The Kier molecular flexibility index (Phi) is 3.73. The quantitative estimate of drug-likeness (QED) is 0.710. The van der Waals surface area contributed by atoms with Crippen LogP contribution in [0.1, 0.15) is 19.2 Å². The molecule has 7 nitrogen and oxygen atoms in total. The van der Waals surface area contributed by atoms with Crippen LogP contribution in [0, 0.1) is 0 Å². The third-order valence-electron chi connectivity index (χ3n) is 2.14. The molecule has 0 aliphatic carbocycles. The molecule has 1 atom stereocenters. The molecule has 1 unspecified atom stereocenters. The molecule has 0 aromatic carbocycles. The Labute approximate surface area is 87.7 Å². The summed E-state index contributed by atoms with van der Waals surface area (Å²) >= 11 is 0. The zero-order chi connectivity index (χ0) is 11.4. The van der Waals surface area contributed by atoms with E-state index in [-0.39, 0.29) is 0 Å². The Morgan fingerprint density at radius 1 is 1.67 bits per heavy atom. The number of carboxylic acids is 1. The smallest absolute Gasteiger partial charge is 0.320 e. The summed E-state index contributed by atoms with van der Waals surface area (Å²) in [6.07, 6.45) is 0.548. The molecule has 0 amide bonds. The van der Waals surface area contributed by atoms with Crippen LogP contribution < -0.4 is 0 Å². The molecule has 1 N–H and O–H groups in total. The van der Waals surface area contributed by atoms with Crippen LogP contribution in [0.15, 0.2) is 0 Å². The van der Waals surface area contributed by atoms with Crippen molar-refractivity contribution >= 4 is 5.97 Å². The number of rotatable bonds is 5. The van der Waals surface area contributed by atoms with Crippen molar-refractivity contribution in [3.63, 3.8) is 0 Å². The Balaban J connectivity index is 2.61. The van der Waals surface area contributed by atoms with Gasteiger partial charge in [-0.3, -0.25) is 9.69 Å². The second kappa shape index (κ2) is 4.83. The van der Waals surface area contributed by atoms with Crippen LogP contribution in [0.2, 0.25) is 0 Å². The highest BCUT2D eigenvalue weighted by Gasteiger charge is 2.21. The van der Waals surface area contributed by atoms with Gasteiger partial charge in [-0.05, 0) is 18.7 Å². The van der Waals surface area contributed by atoms with Gasteiger partial charge in [0.2, 0.25) is 0 Å². The molecule has 0 spiro atoms. The number of likely N-dealkylation sites (N-methyl/N-ethyl adjacent to an activating group) is 1. The van der Waals surface area contributed by atoms with Crippen LogP contribution in [-0.2, 0) is 18.4 Å². The van der Waals surface area contributed by atoms with Gasteiger partial charge in [0.1, 0.15) is 6.04 Å². The van der Waals surface area contributed by atoms with Gasteiger partial charge in [0, 0.05) is 0 Å². The van der Waals surface area contributed by atoms with Gasteiger partial charge in [0.05, 0.1) is 13.6 Å². The van der Waals surface area contributed by atoms with Crippen molar-refractivity contribution in [3.8, 4) is 0 Å². The lowest BCUT2D eigenvalue weighted by Gasteiger charge is -2.21. The number of aromatic nitrogens is 4. The van der Waals surface area contributed by atoms with Crippen molar-refractivity contribution in [2.75, 3.05) is 7.05 Å². The Morgan fingerprint density at radius 3 is 2.73 bits per heavy atom. The maximum Gasteiger partial charge on any atom is 0.320 e. The van der Waals surface area contributed by atoms with Crippen molar-refractivity contribution in [1.82, 2.24) is 25.1 Å².